The Morgan fingerprint density at radius 3 is 1.27 bits per heavy atom. The molecule has 2 nitrogen and oxygen atoms in total. The Morgan fingerprint density at radius 1 is 0.233 bits per heavy atom. The fourth-order valence-corrected chi connectivity index (χ4v) is 12.1. The monoisotopic (exact) mass is 928 g/mol. The van der Waals surface area contributed by atoms with Gasteiger partial charge in [-0.2, -0.15) is 0 Å². The first-order valence-corrected chi connectivity index (χ1v) is 25.2. The van der Waals surface area contributed by atoms with Gasteiger partial charge >= 0.3 is 0 Å². The van der Waals surface area contributed by atoms with Gasteiger partial charge in [-0.15, -0.1) is 0 Å². The van der Waals surface area contributed by atoms with Crippen LogP contribution in [0.5, 0.6) is 0 Å². The number of benzene rings is 12. The second-order valence-electron chi connectivity index (χ2n) is 19.2. The Bertz CT molecular complexity index is 3950. The first kappa shape index (κ1) is 42.4. The molecule has 73 heavy (non-hydrogen) atoms. The summed E-state index contributed by atoms with van der Waals surface area (Å²) in [6, 6.07) is 107. The summed E-state index contributed by atoms with van der Waals surface area (Å²) in [5.74, 6) is 0. The molecule has 0 aromatic heterocycles. The van der Waals surface area contributed by atoms with Crippen LogP contribution in [0.1, 0.15) is 22.3 Å². The molecule has 2 aliphatic rings. The topological polar surface area (TPSA) is 6.48 Å². The molecule has 2 heteroatoms. The molecule has 12 aromatic rings. The van der Waals surface area contributed by atoms with Gasteiger partial charge in [0.05, 0.1) is 11.1 Å². The largest absolute Gasteiger partial charge is 0.310 e. The van der Waals surface area contributed by atoms with Gasteiger partial charge in [0.1, 0.15) is 0 Å². The number of nitrogens with zero attached hydrogens (tertiary/aromatic N) is 2. The maximum atomic E-state index is 2.48. The van der Waals surface area contributed by atoms with Gasteiger partial charge in [0.2, 0.25) is 0 Å². The third-order valence-electron chi connectivity index (χ3n) is 15.3. The molecule has 0 N–H and O–H groups in total. The van der Waals surface area contributed by atoms with Crippen LogP contribution in [0.15, 0.2) is 291 Å². The third kappa shape index (κ3) is 6.87. The van der Waals surface area contributed by atoms with Crippen molar-refractivity contribution in [1.29, 1.82) is 0 Å². The molecule has 0 fully saturated rings. The fraction of sp³-hybridized carbons (Fsp3) is 0.0141. The number of hydrogen-bond acceptors (Lipinski definition) is 2. The van der Waals surface area contributed by atoms with E-state index in [-0.39, 0.29) is 0 Å². The lowest BCUT2D eigenvalue weighted by Gasteiger charge is -2.32. The van der Waals surface area contributed by atoms with Crippen molar-refractivity contribution in [2.75, 3.05) is 9.80 Å². The van der Waals surface area contributed by atoms with E-state index in [2.05, 4.69) is 301 Å². The highest BCUT2D eigenvalue weighted by Gasteiger charge is 2.51. The van der Waals surface area contributed by atoms with Crippen LogP contribution in [0.3, 0.4) is 0 Å². The van der Waals surface area contributed by atoms with Crippen molar-refractivity contribution in [3.05, 3.63) is 313 Å². The molecule has 1 spiro atoms. The maximum absolute atomic E-state index is 2.48. The van der Waals surface area contributed by atoms with Crippen molar-refractivity contribution in [1.82, 2.24) is 0 Å². The molecule has 0 saturated heterocycles. The Labute approximate surface area is 427 Å². The number of hydrogen-bond donors (Lipinski definition) is 0. The summed E-state index contributed by atoms with van der Waals surface area (Å²) in [6.45, 7) is 0. The highest BCUT2D eigenvalue weighted by atomic mass is 15.1. The maximum Gasteiger partial charge on any atom is 0.0726 e. The van der Waals surface area contributed by atoms with Gasteiger partial charge < -0.3 is 9.80 Å². The van der Waals surface area contributed by atoms with E-state index in [0.29, 0.717) is 0 Å². The summed E-state index contributed by atoms with van der Waals surface area (Å²) in [6.07, 6.45) is 0. The van der Waals surface area contributed by atoms with Gasteiger partial charge in [0.25, 0.3) is 0 Å². The molecular weight excluding hydrogens is 881 g/mol. The lowest BCUT2D eigenvalue weighted by molar-refractivity contribution is 0.793. The van der Waals surface area contributed by atoms with Gasteiger partial charge in [-0.1, -0.05) is 224 Å². The lowest BCUT2D eigenvalue weighted by Crippen LogP contribution is -2.26. The molecule has 342 valence electrons. The minimum atomic E-state index is -0.449. The average Bonchev–Trinajstić information content (AvgIpc) is 3.94. The lowest BCUT2D eigenvalue weighted by atomic mass is 9.70. The second kappa shape index (κ2) is 17.4. The van der Waals surface area contributed by atoms with Crippen LogP contribution >= 0.6 is 0 Å². The standard InChI is InChI=1S/C71H48N2/c1-4-19-49(20-5-1)50-35-40-56(41-36-50)72(59-44-45-64-63-31-14-17-34-67(63)71(68(64)48-59)65-32-15-12-29-61(65)62-30-13-16-33-66(62)71)57-42-37-51(38-43-57)54-24-18-27-58(47-54)73(55-25-8-3-9-26-55)69-46-39-52-21-10-11-28-60(52)70(69)53-22-6-2-7-23-53/h1-48H. The van der Waals surface area contributed by atoms with Crippen molar-refractivity contribution < 1.29 is 0 Å². The summed E-state index contributed by atoms with van der Waals surface area (Å²) in [5.41, 5.74) is 23.7. The zero-order chi connectivity index (χ0) is 48.3. The number of para-hydroxylation sites is 1. The molecule has 2 aliphatic carbocycles. The average molecular weight is 929 g/mol. The van der Waals surface area contributed by atoms with Crippen molar-refractivity contribution in [3.8, 4) is 55.6 Å². The summed E-state index contributed by atoms with van der Waals surface area (Å²) >= 11 is 0. The Kier molecular flexibility index (Phi) is 10.1. The first-order chi connectivity index (χ1) is 36.2. The molecular formula is C71H48N2. The zero-order valence-electron chi connectivity index (χ0n) is 40.1. The van der Waals surface area contributed by atoms with Gasteiger partial charge in [0, 0.05) is 34.0 Å². The van der Waals surface area contributed by atoms with Crippen LogP contribution in [0.4, 0.5) is 34.1 Å². The Balaban J connectivity index is 0.902. The number of fused-ring (bicyclic) bond motifs is 11. The van der Waals surface area contributed by atoms with Crippen LogP contribution in [-0.4, -0.2) is 0 Å². The number of rotatable bonds is 9. The molecule has 0 amide bonds. The van der Waals surface area contributed by atoms with Crippen LogP contribution in [0.2, 0.25) is 0 Å². The summed E-state index contributed by atoms with van der Waals surface area (Å²) in [7, 11) is 0. The van der Waals surface area contributed by atoms with E-state index < -0.39 is 5.41 Å². The van der Waals surface area contributed by atoms with E-state index in [9.17, 15) is 0 Å². The van der Waals surface area contributed by atoms with Crippen molar-refractivity contribution in [3.63, 3.8) is 0 Å². The van der Waals surface area contributed by atoms with Crippen LogP contribution < -0.4 is 9.80 Å². The zero-order valence-corrected chi connectivity index (χ0v) is 40.1. The number of anilines is 6. The van der Waals surface area contributed by atoms with Gasteiger partial charge in [-0.25, -0.2) is 0 Å². The molecule has 0 heterocycles. The first-order valence-electron chi connectivity index (χ1n) is 25.2. The predicted molar refractivity (Wildman–Crippen MR) is 306 cm³/mol. The molecule has 14 rings (SSSR count). The van der Waals surface area contributed by atoms with E-state index in [0.717, 1.165) is 45.3 Å². The highest BCUT2D eigenvalue weighted by Crippen LogP contribution is 2.63. The third-order valence-corrected chi connectivity index (χ3v) is 15.3. The predicted octanol–water partition coefficient (Wildman–Crippen LogP) is 19.1. The van der Waals surface area contributed by atoms with Crippen molar-refractivity contribution in [2.24, 2.45) is 0 Å². The van der Waals surface area contributed by atoms with Gasteiger partial charge in [-0.3, -0.25) is 0 Å². The Hall–Kier alpha value is -9.50. The minimum absolute atomic E-state index is 0.449. The smallest absolute Gasteiger partial charge is 0.0726 e. The van der Waals surface area contributed by atoms with E-state index in [1.807, 2.05) is 0 Å². The molecule has 0 aliphatic heterocycles. The summed E-state index contributed by atoms with van der Waals surface area (Å²) in [4.78, 5) is 4.84. The SMILES string of the molecule is c1ccc(-c2ccc(N(c3ccc(-c4cccc(N(c5ccccc5)c5ccc6ccccc6c5-c5ccccc5)c4)cc3)c3ccc4c(c3)C3(c5ccccc5-c5ccccc53)c3ccccc3-4)cc2)cc1. The Morgan fingerprint density at radius 2 is 0.658 bits per heavy atom. The van der Waals surface area contributed by atoms with Crippen LogP contribution in [0, 0.1) is 0 Å². The van der Waals surface area contributed by atoms with Crippen LogP contribution in [-0.2, 0) is 5.41 Å². The van der Waals surface area contributed by atoms with Gasteiger partial charge in [-0.05, 0) is 150 Å². The van der Waals surface area contributed by atoms with E-state index >= 15 is 0 Å². The normalized spacial score (nSPS) is 12.5. The van der Waals surface area contributed by atoms with Crippen molar-refractivity contribution >= 4 is 44.9 Å². The fourth-order valence-electron chi connectivity index (χ4n) is 12.1. The second-order valence-corrected chi connectivity index (χ2v) is 19.2. The quantitative estimate of drug-likeness (QED) is 0.142. The summed E-state index contributed by atoms with van der Waals surface area (Å²) in [5, 5.41) is 2.44. The molecule has 0 unspecified atom stereocenters. The highest BCUT2D eigenvalue weighted by molar-refractivity contribution is 6.05. The molecule has 0 bridgehead atoms. The van der Waals surface area contributed by atoms with E-state index in [1.165, 1.54) is 77.5 Å². The molecule has 0 saturated carbocycles. The van der Waals surface area contributed by atoms with E-state index in [1.54, 1.807) is 0 Å². The molecule has 0 radical (unpaired) electrons. The molecule has 0 atom stereocenters. The van der Waals surface area contributed by atoms with Gasteiger partial charge in [0.15, 0.2) is 0 Å². The van der Waals surface area contributed by atoms with Crippen LogP contribution in [0.25, 0.3) is 66.4 Å². The van der Waals surface area contributed by atoms with E-state index in [4.69, 9.17) is 0 Å². The summed E-state index contributed by atoms with van der Waals surface area (Å²) < 4.78 is 0. The van der Waals surface area contributed by atoms with Crippen molar-refractivity contribution in [2.45, 2.75) is 5.41 Å². The minimum Gasteiger partial charge on any atom is -0.310 e. The molecule has 12 aromatic carbocycles.